The number of hydrogen-bond acceptors (Lipinski definition) is 9. The molecule has 0 amide bonds. The minimum Gasteiger partial charge on any atom is -0.493 e. The third-order valence-electron chi connectivity index (χ3n) is 5.59. The van der Waals surface area contributed by atoms with Crippen LogP contribution in [0.5, 0.6) is 17.4 Å². The summed E-state index contributed by atoms with van der Waals surface area (Å²) in [6, 6.07) is 8.82. The summed E-state index contributed by atoms with van der Waals surface area (Å²) in [6.07, 6.45) is -4.82. The SMILES string of the molecule is COc1ccc(CCn2c(O)c(C#N)c(C)c(N=Nc3ccc([N+](=O)[O-])c(C(F)(F)F)c3)c2=O)cc1OC. The molecule has 0 aliphatic carbocycles. The molecule has 0 aliphatic heterocycles. The number of pyridine rings is 1. The zero-order valence-electron chi connectivity index (χ0n) is 20.2. The predicted molar refractivity (Wildman–Crippen MR) is 127 cm³/mol. The number of halogens is 3. The number of alkyl halides is 3. The summed E-state index contributed by atoms with van der Waals surface area (Å²) < 4.78 is 51.2. The van der Waals surface area contributed by atoms with Crippen molar-refractivity contribution in [3.8, 4) is 23.4 Å². The van der Waals surface area contributed by atoms with Crippen molar-refractivity contribution in [3.63, 3.8) is 0 Å². The Balaban J connectivity index is 2.03. The van der Waals surface area contributed by atoms with E-state index in [2.05, 4.69) is 10.2 Å². The molecule has 3 rings (SSSR count). The highest BCUT2D eigenvalue weighted by molar-refractivity contribution is 5.57. The van der Waals surface area contributed by atoms with Crippen LogP contribution in [0.25, 0.3) is 0 Å². The average molecular weight is 531 g/mol. The number of aromatic hydroxyl groups is 1. The fourth-order valence-electron chi connectivity index (χ4n) is 3.62. The number of benzene rings is 2. The number of nitro groups is 1. The van der Waals surface area contributed by atoms with Gasteiger partial charge >= 0.3 is 6.18 Å². The number of aryl methyl sites for hydroxylation is 1. The molecule has 1 N–H and O–H groups in total. The Labute approximate surface area is 213 Å². The molecule has 3 aromatic rings. The molecule has 198 valence electrons. The van der Waals surface area contributed by atoms with Gasteiger partial charge in [-0.05, 0) is 43.2 Å². The first kappa shape index (κ1) is 27.7. The van der Waals surface area contributed by atoms with Gasteiger partial charge in [0.2, 0.25) is 5.88 Å². The van der Waals surface area contributed by atoms with Crippen molar-refractivity contribution in [1.29, 1.82) is 5.26 Å². The Morgan fingerprint density at radius 2 is 1.82 bits per heavy atom. The van der Waals surface area contributed by atoms with Gasteiger partial charge in [-0.1, -0.05) is 6.07 Å². The van der Waals surface area contributed by atoms with E-state index in [1.54, 1.807) is 24.3 Å². The summed E-state index contributed by atoms with van der Waals surface area (Å²) in [5.41, 5.74) is -3.95. The molecular weight excluding hydrogens is 511 g/mol. The zero-order chi connectivity index (χ0) is 28.2. The fourth-order valence-corrected chi connectivity index (χ4v) is 3.62. The monoisotopic (exact) mass is 531 g/mol. The molecular formula is C24H20F3N5O6. The summed E-state index contributed by atoms with van der Waals surface area (Å²) in [5, 5.41) is 38.4. The summed E-state index contributed by atoms with van der Waals surface area (Å²) in [6.45, 7) is 1.23. The van der Waals surface area contributed by atoms with Crippen LogP contribution in [0.15, 0.2) is 51.4 Å². The molecule has 1 heterocycles. The molecule has 0 fully saturated rings. The normalized spacial score (nSPS) is 11.4. The van der Waals surface area contributed by atoms with Gasteiger partial charge in [-0.3, -0.25) is 19.5 Å². The predicted octanol–water partition coefficient (Wildman–Crippen LogP) is 5.34. The third-order valence-corrected chi connectivity index (χ3v) is 5.59. The number of nitro benzene ring substituents is 1. The molecule has 0 saturated heterocycles. The number of rotatable bonds is 8. The molecule has 1 aromatic heterocycles. The maximum atomic E-state index is 13.3. The molecule has 2 aromatic carbocycles. The molecule has 38 heavy (non-hydrogen) atoms. The minimum absolute atomic E-state index is 0.0425. The van der Waals surface area contributed by atoms with Gasteiger partial charge in [0.05, 0.1) is 24.8 Å². The highest BCUT2D eigenvalue weighted by Crippen LogP contribution is 2.38. The molecule has 0 radical (unpaired) electrons. The average Bonchev–Trinajstić information content (AvgIpc) is 2.87. The zero-order valence-corrected chi connectivity index (χ0v) is 20.2. The van der Waals surface area contributed by atoms with Crippen LogP contribution in [0.1, 0.15) is 22.3 Å². The first-order valence-electron chi connectivity index (χ1n) is 10.8. The van der Waals surface area contributed by atoms with Crippen LogP contribution in [0.2, 0.25) is 0 Å². The van der Waals surface area contributed by atoms with E-state index in [4.69, 9.17) is 9.47 Å². The van der Waals surface area contributed by atoms with E-state index in [0.717, 1.165) is 10.6 Å². The van der Waals surface area contributed by atoms with Gasteiger partial charge in [0.15, 0.2) is 17.2 Å². The van der Waals surface area contributed by atoms with Crippen molar-refractivity contribution in [3.05, 3.63) is 79.1 Å². The second kappa shape index (κ2) is 11.0. The maximum Gasteiger partial charge on any atom is 0.423 e. The Morgan fingerprint density at radius 3 is 2.39 bits per heavy atom. The summed E-state index contributed by atoms with van der Waals surface area (Å²) >= 11 is 0. The van der Waals surface area contributed by atoms with Crippen molar-refractivity contribution < 1.29 is 32.7 Å². The standard InChI is InChI=1S/C24H20F3N5O6/c1-13-16(12-28)22(33)31(9-8-14-4-7-19(37-2)20(10-14)38-3)23(34)21(13)30-29-15-5-6-18(32(35)36)17(11-15)24(25,26)27/h4-7,10-11,33H,8-9H2,1-3H3. The smallest absolute Gasteiger partial charge is 0.423 e. The minimum atomic E-state index is -5.03. The molecule has 0 bridgehead atoms. The number of nitriles is 1. The highest BCUT2D eigenvalue weighted by Gasteiger charge is 2.38. The second-order valence-electron chi connectivity index (χ2n) is 7.84. The number of aromatic nitrogens is 1. The van der Waals surface area contributed by atoms with E-state index < -0.39 is 45.2 Å². The molecule has 0 spiro atoms. The van der Waals surface area contributed by atoms with Crippen LogP contribution in [-0.4, -0.2) is 28.8 Å². The number of hydrogen-bond donors (Lipinski definition) is 1. The van der Waals surface area contributed by atoms with Crippen LogP contribution in [0, 0.1) is 28.4 Å². The Kier molecular flexibility index (Phi) is 8.00. The van der Waals surface area contributed by atoms with Crippen LogP contribution < -0.4 is 15.0 Å². The maximum absolute atomic E-state index is 13.3. The fraction of sp³-hybridized carbons (Fsp3) is 0.250. The second-order valence-corrected chi connectivity index (χ2v) is 7.84. The van der Waals surface area contributed by atoms with Gasteiger partial charge in [-0.25, -0.2) is 0 Å². The third kappa shape index (κ3) is 5.56. The van der Waals surface area contributed by atoms with Gasteiger partial charge in [-0.2, -0.15) is 23.5 Å². The number of azo groups is 1. The van der Waals surface area contributed by atoms with E-state index in [1.807, 2.05) is 0 Å². The van der Waals surface area contributed by atoms with E-state index in [0.29, 0.717) is 29.2 Å². The van der Waals surface area contributed by atoms with Gasteiger partial charge in [-0.15, -0.1) is 5.11 Å². The lowest BCUT2D eigenvalue weighted by atomic mass is 10.1. The molecule has 0 saturated carbocycles. The molecule has 14 heteroatoms. The van der Waals surface area contributed by atoms with Gasteiger partial charge in [0, 0.05) is 18.2 Å². The topological polar surface area (TPSA) is 152 Å². The van der Waals surface area contributed by atoms with E-state index in [1.165, 1.54) is 21.1 Å². The first-order valence-corrected chi connectivity index (χ1v) is 10.8. The van der Waals surface area contributed by atoms with Crippen molar-refractivity contribution >= 4 is 17.1 Å². The number of ether oxygens (including phenoxy) is 2. The number of methoxy groups -OCH3 is 2. The quantitative estimate of drug-likeness (QED) is 0.234. The van der Waals surface area contributed by atoms with Crippen molar-refractivity contribution in [2.45, 2.75) is 26.1 Å². The first-order chi connectivity index (χ1) is 17.9. The summed E-state index contributed by atoms with van der Waals surface area (Å²) in [5.74, 6) is 0.323. The Bertz CT molecular complexity index is 1530. The lowest BCUT2D eigenvalue weighted by Crippen LogP contribution is -2.23. The lowest BCUT2D eigenvalue weighted by molar-refractivity contribution is -0.388. The summed E-state index contributed by atoms with van der Waals surface area (Å²) in [7, 11) is 2.93. The van der Waals surface area contributed by atoms with Gasteiger partial charge in [0.1, 0.15) is 17.2 Å². The Hall–Kier alpha value is -4.93. The molecule has 11 nitrogen and oxygen atoms in total. The van der Waals surface area contributed by atoms with Crippen LogP contribution in [0.3, 0.4) is 0 Å². The largest absolute Gasteiger partial charge is 0.493 e. The van der Waals surface area contributed by atoms with Crippen molar-refractivity contribution in [2.24, 2.45) is 10.2 Å². The van der Waals surface area contributed by atoms with E-state index in [-0.39, 0.29) is 24.1 Å². The van der Waals surface area contributed by atoms with Gasteiger partial charge in [0.25, 0.3) is 11.2 Å². The van der Waals surface area contributed by atoms with Crippen LogP contribution in [0.4, 0.5) is 30.2 Å². The lowest BCUT2D eigenvalue weighted by Gasteiger charge is -2.14. The van der Waals surface area contributed by atoms with E-state index in [9.17, 15) is 38.4 Å². The number of nitrogens with zero attached hydrogens (tertiary/aromatic N) is 5. The highest BCUT2D eigenvalue weighted by atomic mass is 19.4. The van der Waals surface area contributed by atoms with E-state index >= 15 is 0 Å². The van der Waals surface area contributed by atoms with Crippen molar-refractivity contribution in [2.75, 3.05) is 14.2 Å². The van der Waals surface area contributed by atoms with Crippen molar-refractivity contribution in [1.82, 2.24) is 4.57 Å². The Morgan fingerprint density at radius 1 is 1.13 bits per heavy atom. The molecule has 0 atom stereocenters. The molecule has 0 aliphatic rings. The molecule has 0 unspecified atom stereocenters. The van der Waals surface area contributed by atoms with Gasteiger partial charge < -0.3 is 14.6 Å². The van der Waals surface area contributed by atoms with Crippen LogP contribution in [-0.2, 0) is 19.1 Å². The summed E-state index contributed by atoms with van der Waals surface area (Å²) in [4.78, 5) is 22.9. The van der Waals surface area contributed by atoms with Crippen LogP contribution >= 0.6 is 0 Å².